The molecule has 0 amide bonds. The van der Waals surface area contributed by atoms with Gasteiger partial charge in [-0.2, -0.15) is 26.3 Å². The number of rotatable bonds is 5. The van der Waals surface area contributed by atoms with Gasteiger partial charge in [-0.15, -0.1) is 0 Å². The number of benzene rings is 3. The number of halogens is 6. The van der Waals surface area contributed by atoms with Crippen LogP contribution >= 0.6 is 0 Å². The third-order valence-corrected chi connectivity index (χ3v) is 6.29. The average Bonchev–Trinajstić information content (AvgIpc) is 3.43. The maximum Gasteiger partial charge on any atom is 0.430 e. The smallest absolute Gasteiger partial charge is 0.369 e. The van der Waals surface area contributed by atoms with Crippen molar-refractivity contribution < 1.29 is 31.4 Å². The van der Waals surface area contributed by atoms with Crippen LogP contribution in [0.15, 0.2) is 96.3 Å². The van der Waals surface area contributed by atoms with E-state index in [-0.39, 0.29) is 23.3 Å². The maximum absolute atomic E-state index is 13.8. The highest BCUT2D eigenvalue weighted by Gasteiger charge is 2.71. The van der Waals surface area contributed by atoms with Gasteiger partial charge >= 0.3 is 12.4 Å². The highest BCUT2D eigenvalue weighted by molar-refractivity contribution is 5.80. The molecule has 2 aromatic heterocycles. The van der Waals surface area contributed by atoms with Crippen LogP contribution in [-0.4, -0.2) is 36.6 Å². The number of aliphatic hydroxyl groups is 1. The number of imidazole rings is 1. The van der Waals surface area contributed by atoms with Crippen molar-refractivity contribution in [2.45, 2.75) is 24.4 Å². The lowest BCUT2D eigenvalue weighted by Crippen LogP contribution is -2.53. The minimum atomic E-state index is -6.03. The van der Waals surface area contributed by atoms with Gasteiger partial charge in [0.05, 0.1) is 22.9 Å². The number of aromatic nitrogens is 4. The summed E-state index contributed by atoms with van der Waals surface area (Å²) in [7, 11) is 0. The molecule has 0 spiro atoms. The van der Waals surface area contributed by atoms with Crippen LogP contribution in [-0.2, 0) is 12.0 Å². The number of hydrogen-bond acceptors (Lipinski definition) is 4. The first-order valence-corrected chi connectivity index (χ1v) is 11.4. The Hall–Kier alpha value is -4.45. The van der Waals surface area contributed by atoms with Crippen LogP contribution < -0.4 is 5.56 Å². The molecular formula is C27H18F6N4O2. The van der Waals surface area contributed by atoms with Crippen molar-refractivity contribution in [3.05, 3.63) is 119 Å². The molecule has 6 nitrogen and oxygen atoms in total. The first-order chi connectivity index (χ1) is 18.4. The standard InChI is InChI=1S/C27H18F6N4O2/c28-26(29,30)25(39,27(31,32)33)18-6-8-19(9-7-18)37-23(14-17-4-2-1-3-5-17)35-22-11-10-20(15-21(22)24(37)38)36-13-12-34-16-36/h1-13,15-16,39H,14H2. The van der Waals surface area contributed by atoms with Crippen LogP contribution in [0.2, 0.25) is 0 Å². The zero-order valence-electron chi connectivity index (χ0n) is 19.8. The normalized spacial score (nSPS) is 12.7. The van der Waals surface area contributed by atoms with Crippen molar-refractivity contribution in [2.24, 2.45) is 0 Å². The Morgan fingerprint density at radius 2 is 1.46 bits per heavy atom. The molecular weight excluding hydrogens is 526 g/mol. The third kappa shape index (κ3) is 4.56. The first kappa shape index (κ1) is 26.2. The lowest BCUT2D eigenvalue weighted by atomic mass is 9.92. The minimum Gasteiger partial charge on any atom is -0.369 e. The Balaban J connectivity index is 1.70. The first-order valence-electron chi connectivity index (χ1n) is 11.4. The van der Waals surface area contributed by atoms with E-state index in [1.54, 1.807) is 65.5 Å². The monoisotopic (exact) mass is 544 g/mol. The summed E-state index contributed by atoms with van der Waals surface area (Å²) in [4.78, 5) is 22.3. The number of fused-ring (bicyclic) bond motifs is 1. The fraction of sp³-hybridized carbons (Fsp3) is 0.148. The number of alkyl halides is 6. The molecule has 5 aromatic rings. The molecule has 0 aliphatic heterocycles. The van der Waals surface area contributed by atoms with Gasteiger partial charge in [-0.05, 0) is 35.9 Å². The van der Waals surface area contributed by atoms with Crippen LogP contribution in [0.1, 0.15) is 17.0 Å². The minimum absolute atomic E-state index is 0.0242. The Morgan fingerprint density at radius 3 is 2.05 bits per heavy atom. The summed E-state index contributed by atoms with van der Waals surface area (Å²) in [5.74, 6) is 0.212. The van der Waals surface area contributed by atoms with Gasteiger partial charge in [0, 0.05) is 30.1 Å². The van der Waals surface area contributed by atoms with E-state index in [4.69, 9.17) is 0 Å². The number of nitrogens with zero attached hydrogens (tertiary/aromatic N) is 4. The SMILES string of the molecule is O=c1c2cc(-n3ccnc3)ccc2nc(Cc2ccccc2)n1-c1ccc(C(O)(C(F)(F)F)C(F)(F)F)cc1. The fourth-order valence-electron chi connectivity index (χ4n) is 4.30. The van der Waals surface area contributed by atoms with Crippen molar-refractivity contribution in [3.63, 3.8) is 0 Å². The van der Waals surface area contributed by atoms with Gasteiger partial charge in [-0.3, -0.25) is 9.36 Å². The largest absolute Gasteiger partial charge is 0.430 e. The van der Waals surface area contributed by atoms with Crippen molar-refractivity contribution in [2.75, 3.05) is 0 Å². The lowest BCUT2D eigenvalue weighted by Gasteiger charge is -2.32. The summed E-state index contributed by atoms with van der Waals surface area (Å²) in [6.45, 7) is 0. The summed E-state index contributed by atoms with van der Waals surface area (Å²) in [5.41, 5.74) is -5.40. The molecule has 12 heteroatoms. The highest BCUT2D eigenvalue weighted by Crippen LogP contribution is 2.50. The lowest BCUT2D eigenvalue weighted by molar-refractivity contribution is -0.376. The van der Waals surface area contributed by atoms with Crippen LogP contribution in [0.4, 0.5) is 26.3 Å². The highest BCUT2D eigenvalue weighted by atomic mass is 19.4. The maximum atomic E-state index is 13.8. The van der Waals surface area contributed by atoms with Crippen LogP contribution in [0.25, 0.3) is 22.3 Å². The molecule has 0 bridgehead atoms. The summed E-state index contributed by atoms with van der Waals surface area (Å²) in [6.07, 6.45) is -7.18. The summed E-state index contributed by atoms with van der Waals surface area (Å²) in [5, 5.41) is 9.92. The molecule has 0 atom stereocenters. The molecule has 1 N–H and O–H groups in total. The molecule has 3 aromatic carbocycles. The van der Waals surface area contributed by atoms with E-state index in [9.17, 15) is 36.2 Å². The van der Waals surface area contributed by atoms with Crippen molar-refractivity contribution in [3.8, 4) is 11.4 Å². The molecule has 2 heterocycles. The molecule has 0 aliphatic rings. The number of hydrogen-bond donors (Lipinski definition) is 1. The second kappa shape index (κ2) is 9.38. The molecule has 0 unspecified atom stereocenters. The molecule has 0 fully saturated rings. The second-order valence-electron chi connectivity index (χ2n) is 8.76. The van der Waals surface area contributed by atoms with Crippen LogP contribution in [0, 0.1) is 0 Å². The van der Waals surface area contributed by atoms with Crippen LogP contribution in [0.5, 0.6) is 0 Å². The predicted octanol–water partition coefficient (Wildman–Crippen LogP) is 5.47. The van der Waals surface area contributed by atoms with E-state index in [1.807, 2.05) is 0 Å². The second-order valence-corrected chi connectivity index (χ2v) is 8.76. The third-order valence-electron chi connectivity index (χ3n) is 6.29. The van der Waals surface area contributed by atoms with Gasteiger partial charge in [-0.25, -0.2) is 9.97 Å². The Kier molecular flexibility index (Phi) is 6.30. The van der Waals surface area contributed by atoms with Gasteiger partial charge in [0.25, 0.3) is 11.2 Å². The van der Waals surface area contributed by atoms with E-state index in [2.05, 4.69) is 9.97 Å². The predicted molar refractivity (Wildman–Crippen MR) is 130 cm³/mol. The molecule has 39 heavy (non-hydrogen) atoms. The summed E-state index contributed by atoms with van der Waals surface area (Å²) < 4.78 is 83.0. The van der Waals surface area contributed by atoms with Crippen LogP contribution in [0.3, 0.4) is 0 Å². The summed E-state index contributed by atoms with van der Waals surface area (Å²) in [6, 6.07) is 16.7. The molecule has 200 valence electrons. The van der Waals surface area contributed by atoms with Crippen molar-refractivity contribution in [1.29, 1.82) is 0 Å². The Morgan fingerprint density at radius 1 is 0.821 bits per heavy atom. The molecule has 0 aliphatic carbocycles. The summed E-state index contributed by atoms with van der Waals surface area (Å²) >= 11 is 0. The fourth-order valence-corrected chi connectivity index (χ4v) is 4.30. The molecule has 0 saturated heterocycles. The molecule has 5 rings (SSSR count). The van der Waals surface area contributed by atoms with E-state index in [1.165, 1.54) is 6.33 Å². The van der Waals surface area contributed by atoms with Gasteiger partial charge < -0.3 is 9.67 Å². The topological polar surface area (TPSA) is 72.9 Å². The Labute approximate surface area is 216 Å². The van der Waals surface area contributed by atoms with E-state index in [0.717, 1.165) is 22.3 Å². The molecule has 0 radical (unpaired) electrons. The quantitative estimate of drug-likeness (QED) is 0.298. The average molecular weight is 544 g/mol. The Bertz CT molecular complexity index is 1660. The molecule has 0 saturated carbocycles. The van der Waals surface area contributed by atoms with Crippen molar-refractivity contribution in [1.82, 2.24) is 19.1 Å². The van der Waals surface area contributed by atoms with Gasteiger partial charge in [0.2, 0.25) is 0 Å². The van der Waals surface area contributed by atoms with E-state index < -0.39 is 29.1 Å². The van der Waals surface area contributed by atoms with Gasteiger partial charge in [-0.1, -0.05) is 42.5 Å². The van der Waals surface area contributed by atoms with E-state index in [0.29, 0.717) is 23.3 Å². The van der Waals surface area contributed by atoms with Gasteiger partial charge in [0.1, 0.15) is 5.82 Å². The zero-order chi connectivity index (χ0) is 28.0. The van der Waals surface area contributed by atoms with Crippen molar-refractivity contribution >= 4 is 10.9 Å². The zero-order valence-corrected chi connectivity index (χ0v) is 19.8. The van der Waals surface area contributed by atoms with Gasteiger partial charge in [0.15, 0.2) is 0 Å². The van der Waals surface area contributed by atoms with E-state index >= 15 is 0 Å².